The summed E-state index contributed by atoms with van der Waals surface area (Å²) in [5, 5.41) is 2.93. The van der Waals surface area contributed by atoms with Crippen molar-refractivity contribution >= 4 is 12.3 Å². The van der Waals surface area contributed by atoms with Crippen molar-refractivity contribution in [3.8, 4) is 0 Å². The van der Waals surface area contributed by atoms with E-state index in [4.69, 9.17) is 0 Å². The number of hydrogen-bond donors (Lipinski definition) is 1. The van der Waals surface area contributed by atoms with Gasteiger partial charge in [-0.3, -0.25) is 4.99 Å². The van der Waals surface area contributed by atoms with E-state index < -0.39 is 5.97 Å². The molecule has 1 heterocycles. The Bertz CT molecular complexity index is 149. The second-order valence-corrected chi connectivity index (χ2v) is 1.72. The molecule has 0 atom stereocenters. The van der Waals surface area contributed by atoms with Gasteiger partial charge >= 0.3 is 5.97 Å². The highest BCUT2D eigenvalue weighted by Crippen LogP contribution is 1.68. The molecule has 1 aliphatic rings. The van der Waals surface area contributed by atoms with E-state index in [1.54, 1.807) is 6.34 Å². The predicted molar refractivity (Wildman–Crippen MR) is 43.6 cm³/mol. The third-order valence-electron chi connectivity index (χ3n) is 0.936. The molecular weight excluding hydrogens is 144 g/mol. The molecule has 0 unspecified atom stereocenters. The number of rotatable bonds is 1. The molecule has 0 saturated heterocycles. The quantitative estimate of drug-likeness (QED) is 0.428. The molecule has 0 fully saturated rings. The second kappa shape index (κ2) is 6.80. The molecule has 0 aromatic carbocycles. The highest BCUT2D eigenvalue weighted by atomic mass is 16.5. The van der Waals surface area contributed by atoms with Gasteiger partial charge in [0.15, 0.2) is 0 Å². The summed E-state index contributed by atoms with van der Waals surface area (Å²) in [6.45, 7) is 5.14. The Morgan fingerprint density at radius 2 is 2.64 bits per heavy atom. The third-order valence-corrected chi connectivity index (χ3v) is 0.936. The SMILES string of the molecule is C1=NCCN1.C=CC(=O)OC. The molecule has 0 amide bonds. The predicted octanol–water partition coefficient (Wildman–Crippen LogP) is -0.0367. The minimum atomic E-state index is -0.394. The zero-order chi connectivity index (χ0) is 8.53. The van der Waals surface area contributed by atoms with Crippen molar-refractivity contribution in [3.63, 3.8) is 0 Å². The fraction of sp³-hybridized carbons (Fsp3) is 0.429. The number of esters is 1. The first-order chi connectivity index (χ1) is 5.31. The lowest BCUT2D eigenvalue weighted by Gasteiger charge is -1.83. The van der Waals surface area contributed by atoms with Crippen LogP contribution in [0.2, 0.25) is 0 Å². The largest absolute Gasteiger partial charge is 0.466 e. The molecule has 0 saturated carbocycles. The average molecular weight is 156 g/mol. The number of hydrogen-bond acceptors (Lipinski definition) is 4. The molecule has 1 aliphatic heterocycles. The van der Waals surface area contributed by atoms with E-state index >= 15 is 0 Å². The molecule has 0 spiro atoms. The zero-order valence-electron chi connectivity index (χ0n) is 6.54. The maximum Gasteiger partial charge on any atom is 0.329 e. The summed E-state index contributed by atoms with van der Waals surface area (Å²) < 4.78 is 4.14. The van der Waals surface area contributed by atoms with Crippen LogP contribution in [-0.4, -0.2) is 32.5 Å². The Balaban J connectivity index is 0.000000183. The summed E-state index contributed by atoms with van der Waals surface area (Å²) in [5.41, 5.74) is 0. The van der Waals surface area contributed by atoms with Crippen molar-refractivity contribution < 1.29 is 9.53 Å². The molecule has 0 aliphatic carbocycles. The van der Waals surface area contributed by atoms with Gasteiger partial charge < -0.3 is 10.1 Å². The summed E-state index contributed by atoms with van der Waals surface area (Å²) in [7, 11) is 1.31. The van der Waals surface area contributed by atoms with Crippen molar-refractivity contribution in [1.29, 1.82) is 0 Å². The minimum absolute atomic E-state index is 0.394. The summed E-state index contributed by atoms with van der Waals surface area (Å²) in [4.78, 5) is 13.7. The Hall–Kier alpha value is -1.32. The van der Waals surface area contributed by atoms with Crippen LogP contribution in [0.5, 0.6) is 0 Å². The first-order valence-electron chi connectivity index (χ1n) is 3.23. The number of carbonyl (C=O) groups excluding carboxylic acids is 1. The summed E-state index contributed by atoms with van der Waals surface area (Å²) in [6.07, 6.45) is 2.85. The average Bonchev–Trinajstić information content (AvgIpc) is 2.60. The summed E-state index contributed by atoms with van der Waals surface area (Å²) >= 11 is 0. The fourth-order valence-electron chi connectivity index (χ4n) is 0.406. The van der Waals surface area contributed by atoms with E-state index in [-0.39, 0.29) is 0 Å². The van der Waals surface area contributed by atoms with Gasteiger partial charge in [0.05, 0.1) is 20.0 Å². The zero-order valence-corrected chi connectivity index (χ0v) is 6.54. The number of ether oxygens (including phenoxy) is 1. The Morgan fingerprint density at radius 3 is 2.73 bits per heavy atom. The number of carbonyl (C=O) groups is 1. The van der Waals surface area contributed by atoms with E-state index in [2.05, 4.69) is 21.6 Å². The Labute approximate surface area is 66.0 Å². The van der Waals surface area contributed by atoms with Crippen LogP contribution < -0.4 is 5.32 Å². The van der Waals surface area contributed by atoms with Crippen molar-refractivity contribution in [2.24, 2.45) is 4.99 Å². The molecular formula is C7H12N2O2. The van der Waals surface area contributed by atoms with Gasteiger partial charge in [0, 0.05) is 12.6 Å². The van der Waals surface area contributed by atoms with Gasteiger partial charge in [0.1, 0.15) is 0 Å². The fourth-order valence-corrected chi connectivity index (χ4v) is 0.406. The molecule has 0 aromatic heterocycles. The minimum Gasteiger partial charge on any atom is -0.466 e. The Kier molecular flexibility index (Phi) is 5.98. The molecule has 62 valence electrons. The van der Waals surface area contributed by atoms with Crippen LogP contribution in [0.15, 0.2) is 17.6 Å². The Morgan fingerprint density at radius 1 is 1.91 bits per heavy atom. The van der Waals surface area contributed by atoms with Crippen LogP contribution >= 0.6 is 0 Å². The van der Waals surface area contributed by atoms with Crippen molar-refractivity contribution in [3.05, 3.63) is 12.7 Å². The molecule has 0 aromatic rings. The van der Waals surface area contributed by atoms with Gasteiger partial charge in [-0.15, -0.1) is 0 Å². The van der Waals surface area contributed by atoms with Crippen LogP contribution in [0.25, 0.3) is 0 Å². The van der Waals surface area contributed by atoms with Crippen LogP contribution in [0, 0.1) is 0 Å². The normalized spacial score (nSPS) is 12.5. The molecule has 0 bridgehead atoms. The maximum atomic E-state index is 9.84. The van der Waals surface area contributed by atoms with Crippen molar-refractivity contribution in [2.45, 2.75) is 0 Å². The van der Waals surface area contributed by atoms with Gasteiger partial charge in [-0.1, -0.05) is 6.58 Å². The third kappa shape index (κ3) is 6.57. The van der Waals surface area contributed by atoms with Crippen LogP contribution in [0.1, 0.15) is 0 Å². The lowest BCUT2D eigenvalue weighted by Crippen LogP contribution is -2.04. The number of aliphatic imine (C=N–C) groups is 1. The molecule has 4 nitrogen and oxygen atoms in total. The smallest absolute Gasteiger partial charge is 0.329 e. The molecule has 11 heavy (non-hydrogen) atoms. The van der Waals surface area contributed by atoms with Crippen LogP contribution in [0.3, 0.4) is 0 Å². The standard InChI is InChI=1S/C4H6O2.C3H6N2/c1-3-4(5)6-2;1-2-5-3-4-1/h3H,1H2,2H3;3H,1-2H2,(H,4,5). The van der Waals surface area contributed by atoms with Crippen LogP contribution in [-0.2, 0) is 9.53 Å². The maximum absolute atomic E-state index is 9.84. The monoisotopic (exact) mass is 156 g/mol. The van der Waals surface area contributed by atoms with E-state index in [1.807, 2.05) is 0 Å². The van der Waals surface area contributed by atoms with Gasteiger partial charge in [-0.2, -0.15) is 0 Å². The van der Waals surface area contributed by atoms with Gasteiger partial charge in [-0.05, 0) is 0 Å². The topological polar surface area (TPSA) is 50.7 Å². The summed E-state index contributed by atoms with van der Waals surface area (Å²) in [5.74, 6) is -0.394. The number of methoxy groups -OCH3 is 1. The van der Waals surface area contributed by atoms with Gasteiger partial charge in [-0.25, -0.2) is 4.79 Å². The first-order valence-corrected chi connectivity index (χ1v) is 3.23. The highest BCUT2D eigenvalue weighted by Gasteiger charge is 1.82. The molecule has 4 heteroatoms. The van der Waals surface area contributed by atoms with Gasteiger partial charge in [0.2, 0.25) is 0 Å². The number of nitrogens with one attached hydrogen (secondary N) is 1. The molecule has 1 N–H and O–H groups in total. The molecule has 0 radical (unpaired) electrons. The van der Waals surface area contributed by atoms with E-state index in [9.17, 15) is 4.79 Å². The number of nitrogens with zero attached hydrogens (tertiary/aromatic N) is 1. The first kappa shape index (κ1) is 9.68. The lowest BCUT2D eigenvalue weighted by atomic mass is 10.7. The molecule has 1 rings (SSSR count). The van der Waals surface area contributed by atoms with Gasteiger partial charge in [0.25, 0.3) is 0 Å². The van der Waals surface area contributed by atoms with Crippen molar-refractivity contribution in [1.82, 2.24) is 5.32 Å². The lowest BCUT2D eigenvalue weighted by molar-refractivity contribution is -0.134. The van der Waals surface area contributed by atoms with Crippen molar-refractivity contribution in [2.75, 3.05) is 20.2 Å². The highest BCUT2D eigenvalue weighted by molar-refractivity contribution is 5.80. The second-order valence-electron chi connectivity index (χ2n) is 1.72. The van der Waals surface area contributed by atoms with E-state index in [0.717, 1.165) is 19.2 Å². The van der Waals surface area contributed by atoms with E-state index in [1.165, 1.54) is 7.11 Å². The van der Waals surface area contributed by atoms with Crippen LogP contribution in [0.4, 0.5) is 0 Å². The van der Waals surface area contributed by atoms with E-state index in [0.29, 0.717) is 0 Å². The summed E-state index contributed by atoms with van der Waals surface area (Å²) in [6, 6.07) is 0.